The topological polar surface area (TPSA) is 20.2 Å². The van der Waals surface area contributed by atoms with Crippen molar-refractivity contribution in [2.75, 3.05) is 27.7 Å². The van der Waals surface area contributed by atoms with Gasteiger partial charge in [0, 0.05) is 6.42 Å². The van der Waals surface area contributed by atoms with Gasteiger partial charge in [-0.05, 0) is 0 Å². The molecule has 0 aliphatic carbocycles. The molecule has 2 nitrogen and oxygen atoms in total. The first-order valence-electron chi connectivity index (χ1n) is 3.04. The van der Waals surface area contributed by atoms with Crippen molar-refractivity contribution >= 4 is 11.6 Å². The van der Waals surface area contributed by atoms with Crippen molar-refractivity contribution in [2.45, 2.75) is 12.0 Å². The van der Waals surface area contributed by atoms with Crippen LogP contribution in [0.5, 0.6) is 0 Å². The fourth-order valence-electron chi connectivity index (χ4n) is 0.494. The van der Waals surface area contributed by atoms with Gasteiger partial charge >= 0.3 is 0 Å². The van der Waals surface area contributed by atoms with Gasteiger partial charge in [-0.3, -0.25) is 0 Å². The summed E-state index contributed by atoms with van der Waals surface area (Å²) in [5.74, 6) is 0. The third kappa shape index (κ3) is 8.21. The molecule has 1 N–H and O–H groups in total. The van der Waals surface area contributed by atoms with E-state index in [1.54, 1.807) is 0 Å². The van der Waals surface area contributed by atoms with Crippen LogP contribution in [0.25, 0.3) is 0 Å². The molecule has 0 rings (SSSR count). The number of aliphatic hydroxyl groups excluding tert-OH is 1. The van der Waals surface area contributed by atoms with E-state index >= 15 is 0 Å². The number of hydrogen-bond donors (Lipinski definition) is 1. The lowest BCUT2D eigenvalue weighted by atomic mass is 10.4. The lowest BCUT2D eigenvalue weighted by molar-refractivity contribution is -0.870. The Morgan fingerprint density at radius 1 is 1.44 bits per heavy atom. The van der Waals surface area contributed by atoms with E-state index in [4.69, 9.17) is 16.7 Å². The highest BCUT2D eigenvalue weighted by molar-refractivity contribution is 6.19. The molecule has 0 saturated carbocycles. The molecule has 0 aromatic heterocycles. The Morgan fingerprint density at radius 2 is 1.89 bits per heavy atom. The van der Waals surface area contributed by atoms with Crippen molar-refractivity contribution in [3.05, 3.63) is 0 Å². The summed E-state index contributed by atoms with van der Waals surface area (Å²) in [6, 6.07) is 0. The SMILES string of the molecule is C[N+](C)(C)CCC(O)Cl. The summed E-state index contributed by atoms with van der Waals surface area (Å²) in [6.45, 7) is 0.907. The first-order chi connectivity index (χ1) is 3.92. The van der Waals surface area contributed by atoms with Crippen LogP contribution in [0.3, 0.4) is 0 Å². The number of halogens is 1. The van der Waals surface area contributed by atoms with Gasteiger partial charge in [-0.25, -0.2) is 0 Å². The first-order valence-corrected chi connectivity index (χ1v) is 3.48. The highest BCUT2D eigenvalue weighted by atomic mass is 35.5. The Balaban J connectivity index is 3.28. The lowest BCUT2D eigenvalue weighted by Crippen LogP contribution is -2.36. The number of aliphatic hydroxyl groups is 1. The Bertz CT molecular complexity index is 77.6. The monoisotopic (exact) mass is 152 g/mol. The molecule has 56 valence electrons. The Kier molecular flexibility index (Phi) is 3.48. The molecule has 0 radical (unpaired) electrons. The molecule has 0 spiro atoms. The largest absolute Gasteiger partial charge is 0.377 e. The normalized spacial score (nSPS) is 15.7. The van der Waals surface area contributed by atoms with Crippen LogP contribution < -0.4 is 0 Å². The minimum atomic E-state index is -0.678. The average Bonchev–Trinajstić information content (AvgIpc) is 1.59. The zero-order valence-corrected chi connectivity index (χ0v) is 7.02. The maximum Gasteiger partial charge on any atom is 0.133 e. The summed E-state index contributed by atoms with van der Waals surface area (Å²) < 4.78 is 0.851. The number of hydrogen-bond acceptors (Lipinski definition) is 1. The minimum absolute atomic E-state index is 0.658. The summed E-state index contributed by atoms with van der Waals surface area (Å²) in [4.78, 5) is 0. The van der Waals surface area contributed by atoms with E-state index in [1.165, 1.54) is 0 Å². The molecule has 0 fully saturated rings. The third-order valence-corrected chi connectivity index (χ3v) is 1.26. The van der Waals surface area contributed by atoms with E-state index in [2.05, 4.69) is 21.1 Å². The van der Waals surface area contributed by atoms with Crippen LogP contribution in [0.1, 0.15) is 6.42 Å². The second-order valence-electron chi connectivity index (χ2n) is 3.24. The molecule has 1 atom stereocenters. The molecule has 9 heavy (non-hydrogen) atoms. The summed E-state index contributed by atoms with van der Waals surface area (Å²) >= 11 is 5.33. The number of alkyl halides is 1. The molecule has 0 aliphatic heterocycles. The number of nitrogens with zero attached hydrogens (tertiary/aromatic N) is 1. The third-order valence-electron chi connectivity index (χ3n) is 1.04. The Morgan fingerprint density at radius 3 is 2.00 bits per heavy atom. The molecular weight excluding hydrogens is 138 g/mol. The van der Waals surface area contributed by atoms with E-state index in [0.29, 0.717) is 6.42 Å². The van der Waals surface area contributed by atoms with E-state index in [0.717, 1.165) is 11.0 Å². The molecule has 0 aromatic carbocycles. The zero-order valence-electron chi connectivity index (χ0n) is 6.26. The Hall–Kier alpha value is 0.210. The van der Waals surface area contributed by atoms with Crippen molar-refractivity contribution < 1.29 is 9.59 Å². The van der Waals surface area contributed by atoms with Gasteiger partial charge in [-0.2, -0.15) is 0 Å². The van der Waals surface area contributed by atoms with Crippen LogP contribution >= 0.6 is 11.6 Å². The highest BCUT2D eigenvalue weighted by Crippen LogP contribution is 2.00. The van der Waals surface area contributed by atoms with Crippen molar-refractivity contribution in [3.8, 4) is 0 Å². The van der Waals surface area contributed by atoms with Gasteiger partial charge in [-0.1, -0.05) is 11.6 Å². The van der Waals surface area contributed by atoms with Gasteiger partial charge < -0.3 is 9.59 Å². The van der Waals surface area contributed by atoms with Crippen molar-refractivity contribution in [3.63, 3.8) is 0 Å². The molecule has 1 unspecified atom stereocenters. The smallest absolute Gasteiger partial charge is 0.133 e. The molecule has 3 heteroatoms. The van der Waals surface area contributed by atoms with Crippen LogP contribution in [0.15, 0.2) is 0 Å². The van der Waals surface area contributed by atoms with E-state index in [-0.39, 0.29) is 0 Å². The van der Waals surface area contributed by atoms with Gasteiger partial charge in [0.05, 0.1) is 27.7 Å². The summed E-state index contributed by atoms with van der Waals surface area (Å²) in [6.07, 6.45) is 0.658. The maximum atomic E-state index is 8.67. The second-order valence-corrected chi connectivity index (χ2v) is 3.74. The predicted octanol–water partition coefficient (Wildman–Crippen LogP) is 0.640. The molecule has 0 amide bonds. The molecule has 0 saturated heterocycles. The molecule has 0 heterocycles. The summed E-state index contributed by atoms with van der Waals surface area (Å²) in [5.41, 5.74) is -0.678. The molecule has 0 bridgehead atoms. The van der Waals surface area contributed by atoms with Gasteiger partial charge in [-0.15, -0.1) is 0 Å². The molecule has 0 aromatic rings. The maximum absolute atomic E-state index is 8.67. The van der Waals surface area contributed by atoms with E-state index in [9.17, 15) is 0 Å². The zero-order chi connectivity index (χ0) is 7.49. The van der Waals surface area contributed by atoms with Crippen LogP contribution in [-0.2, 0) is 0 Å². The number of rotatable bonds is 3. The fourth-order valence-corrected chi connectivity index (χ4v) is 0.591. The molecule has 0 aliphatic rings. The molecular formula is C6H15ClNO+. The quantitative estimate of drug-likeness (QED) is 0.465. The van der Waals surface area contributed by atoms with Crippen LogP contribution in [0.4, 0.5) is 0 Å². The van der Waals surface area contributed by atoms with E-state index in [1.807, 2.05) is 0 Å². The second kappa shape index (κ2) is 3.40. The van der Waals surface area contributed by atoms with Crippen LogP contribution in [0.2, 0.25) is 0 Å². The van der Waals surface area contributed by atoms with Crippen molar-refractivity contribution in [1.29, 1.82) is 0 Å². The van der Waals surface area contributed by atoms with Gasteiger partial charge in [0.1, 0.15) is 5.56 Å². The van der Waals surface area contributed by atoms with Gasteiger partial charge in [0.25, 0.3) is 0 Å². The first kappa shape index (κ1) is 9.21. The Labute approximate surface area is 61.6 Å². The number of quaternary nitrogens is 1. The van der Waals surface area contributed by atoms with E-state index < -0.39 is 5.56 Å². The lowest BCUT2D eigenvalue weighted by Gasteiger charge is -2.23. The van der Waals surface area contributed by atoms with Gasteiger partial charge in [0.2, 0.25) is 0 Å². The van der Waals surface area contributed by atoms with Gasteiger partial charge in [0.15, 0.2) is 0 Å². The highest BCUT2D eigenvalue weighted by Gasteiger charge is 2.08. The average molecular weight is 153 g/mol. The fraction of sp³-hybridized carbons (Fsp3) is 1.00. The standard InChI is InChI=1S/C6H15ClNO/c1-8(2,3)5-4-6(7)9/h6,9H,4-5H2,1-3H3/q+1. The minimum Gasteiger partial charge on any atom is -0.377 e. The summed E-state index contributed by atoms with van der Waals surface area (Å²) in [7, 11) is 6.21. The van der Waals surface area contributed by atoms with Crippen LogP contribution in [-0.4, -0.2) is 42.8 Å². The predicted molar refractivity (Wildman–Crippen MR) is 39.4 cm³/mol. The van der Waals surface area contributed by atoms with Crippen molar-refractivity contribution in [2.24, 2.45) is 0 Å². The van der Waals surface area contributed by atoms with Crippen molar-refractivity contribution in [1.82, 2.24) is 0 Å². The summed E-state index contributed by atoms with van der Waals surface area (Å²) in [5, 5.41) is 8.67. The van der Waals surface area contributed by atoms with Crippen LogP contribution in [0, 0.1) is 0 Å².